The number of carbonyl (C=O) groups excluding carboxylic acids is 1. The zero-order valence-corrected chi connectivity index (χ0v) is 11.7. The normalized spacial score (nSPS) is 12.4. The summed E-state index contributed by atoms with van der Waals surface area (Å²) in [5.41, 5.74) is 8.52. The van der Waals surface area contributed by atoms with E-state index in [0.717, 1.165) is 16.7 Å². The lowest BCUT2D eigenvalue weighted by Crippen LogP contribution is -2.22. The highest BCUT2D eigenvalue weighted by Gasteiger charge is 2.18. The Balaban J connectivity index is 2.12. The Morgan fingerprint density at radius 1 is 1.53 bits per heavy atom. The van der Waals surface area contributed by atoms with Gasteiger partial charge in [0.15, 0.2) is 5.78 Å². The summed E-state index contributed by atoms with van der Waals surface area (Å²) in [5.74, 6) is -0.0706. The SMILES string of the molecule is Cc1ccc(CC(=O)C(N)c2cnn(C)c2)c(Cl)c1. The molecule has 2 N–H and O–H groups in total. The number of benzene rings is 1. The molecule has 100 valence electrons. The van der Waals surface area contributed by atoms with Gasteiger partial charge in [0.25, 0.3) is 0 Å². The fraction of sp³-hybridized carbons (Fsp3) is 0.286. The van der Waals surface area contributed by atoms with E-state index in [1.54, 1.807) is 24.1 Å². The molecule has 4 nitrogen and oxygen atoms in total. The fourth-order valence-electron chi connectivity index (χ4n) is 1.88. The third-order valence-corrected chi connectivity index (χ3v) is 3.36. The van der Waals surface area contributed by atoms with Crippen LogP contribution in [-0.2, 0) is 18.3 Å². The molecule has 0 aliphatic carbocycles. The van der Waals surface area contributed by atoms with Gasteiger partial charge in [-0.25, -0.2) is 0 Å². The van der Waals surface area contributed by atoms with Crippen molar-refractivity contribution in [1.82, 2.24) is 9.78 Å². The minimum absolute atomic E-state index is 0.0706. The summed E-state index contributed by atoms with van der Waals surface area (Å²) >= 11 is 6.12. The zero-order chi connectivity index (χ0) is 14.0. The van der Waals surface area contributed by atoms with Gasteiger partial charge < -0.3 is 5.73 Å². The Bertz CT molecular complexity index is 606. The summed E-state index contributed by atoms with van der Waals surface area (Å²) in [6.07, 6.45) is 3.59. The molecule has 0 saturated carbocycles. The summed E-state index contributed by atoms with van der Waals surface area (Å²) in [5, 5.41) is 4.62. The number of aromatic nitrogens is 2. The van der Waals surface area contributed by atoms with Crippen molar-refractivity contribution in [2.24, 2.45) is 12.8 Å². The van der Waals surface area contributed by atoms with Crippen LogP contribution in [0.1, 0.15) is 22.7 Å². The van der Waals surface area contributed by atoms with Crippen LogP contribution in [0.5, 0.6) is 0 Å². The maximum atomic E-state index is 12.1. The Labute approximate surface area is 117 Å². The van der Waals surface area contributed by atoms with Gasteiger partial charge in [-0.1, -0.05) is 23.7 Å². The molecule has 0 bridgehead atoms. The van der Waals surface area contributed by atoms with Gasteiger partial charge in [0, 0.05) is 30.3 Å². The molecule has 0 radical (unpaired) electrons. The van der Waals surface area contributed by atoms with Crippen LogP contribution < -0.4 is 5.73 Å². The first-order valence-electron chi connectivity index (χ1n) is 5.99. The summed E-state index contributed by atoms with van der Waals surface area (Å²) < 4.78 is 1.63. The van der Waals surface area contributed by atoms with Gasteiger partial charge >= 0.3 is 0 Å². The lowest BCUT2D eigenvalue weighted by Gasteiger charge is -2.10. The van der Waals surface area contributed by atoms with E-state index in [2.05, 4.69) is 5.10 Å². The minimum Gasteiger partial charge on any atom is -0.318 e. The molecule has 1 unspecified atom stereocenters. The summed E-state index contributed by atoms with van der Waals surface area (Å²) in [7, 11) is 1.79. The van der Waals surface area contributed by atoms with Gasteiger partial charge in [-0.05, 0) is 24.1 Å². The van der Waals surface area contributed by atoms with Crippen LogP contribution in [0.4, 0.5) is 0 Å². The number of hydrogen-bond acceptors (Lipinski definition) is 3. The molecule has 1 atom stereocenters. The molecule has 1 aromatic carbocycles. The minimum atomic E-state index is -0.661. The highest BCUT2D eigenvalue weighted by molar-refractivity contribution is 6.31. The molecule has 0 saturated heterocycles. The van der Waals surface area contributed by atoms with Crippen molar-refractivity contribution in [1.29, 1.82) is 0 Å². The maximum absolute atomic E-state index is 12.1. The number of rotatable bonds is 4. The Kier molecular flexibility index (Phi) is 4.02. The molecule has 0 spiro atoms. The summed E-state index contributed by atoms with van der Waals surface area (Å²) in [6.45, 7) is 1.96. The first-order valence-corrected chi connectivity index (χ1v) is 6.37. The molecule has 0 fully saturated rings. The van der Waals surface area contributed by atoms with Crippen LogP contribution in [0, 0.1) is 6.92 Å². The molecule has 19 heavy (non-hydrogen) atoms. The molecule has 5 heteroatoms. The van der Waals surface area contributed by atoms with E-state index in [9.17, 15) is 4.79 Å². The van der Waals surface area contributed by atoms with Crippen molar-refractivity contribution in [3.8, 4) is 0 Å². The zero-order valence-electron chi connectivity index (χ0n) is 10.9. The number of nitrogens with zero attached hydrogens (tertiary/aromatic N) is 2. The Morgan fingerprint density at radius 3 is 2.84 bits per heavy atom. The molecular weight excluding hydrogens is 262 g/mol. The van der Waals surface area contributed by atoms with Crippen LogP contribution in [0.15, 0.2) is 30.6 Å². The second-order valence-corrected chi connectivity index (χ2v) is 5.07. The molecule has 0 aliphatic heterocycles. The van der Waals surface area contributed by atoms with Gasteiger partial charge in [-0.3, -0.25) is 9.48 Å². The van der Waals surface area contributed by atoms with Gasteiger partial charge in [0.1, 0.15) is 0 Å². The second-order valence-electron chi connectivity index (χ2n) is 4.66. The van der Waals surface area contributed by atoms with Crippen LogP contribution in [0.3, 0.4) is 0 Å². The summed E-state index contributed by atoms with van der Waals surface area (Å²) in [4.78, 5) is 12.1. The summed E-state index contributed by atoms with van der Waals surface area (Å²) in [6, 6.07) is 4.99. The van der Waals surface area contributed by atoms with Crippen molar-refractivity contribution in [2.75, 3.05) is 0 Å². The van der Waals surface area contributed by atoms with E-state index in [0.29, 0.717) is 5.02 Å². The van der Waals surface area contributed by atoms with Crippen LogP contribution in [0.2, 0.25) is 5.02 Å². The lowest BCUT2D eigenvalue weighted by molar-refractivity contribution is -0.119. The van der Waals surface area contributed by atoms with E-state index in [1.807, 2.05) is 25.1 Å². The van der Waals surface area contributed by atoms with Crippen LogP contribution in [-0.4, -0.2) is 15.6 Å². The van der Waals surface area contributed by atoms with E-state index < -0.39 is 6.04 Å². The average molecular weight is 278 g/mol. The third-order valence-electron chi connectivity index (χ3n) is 3.00. The first kappa shape index (κ1) is 13.8. The molecule has 0 amide bonds. The number of nitrogens with two attached hydrogens (primary N) is 1. The highest BCUT2D eigenvalue weighted by atomic mass is 35.5. The topological polar surface area (TPSA) is 60.9 Å². The van der Waals surface area contributed by atoms with Gasteiger partial charge in [0.05, 0.1) is 12.2 Å². The largest absolute Gasteiger partial charge is 0.318 e. The smallest absolute Gasteiger partial charge is 0.158 e. The van der Waals surface area contributed by atoms with Crippen molar-refractivity contribution in [3.05, 3.63) is 52.3 Å². The quantitative estimate of drug-likeness (QED) is 0.932. The number of carbonyl (C=O) groups is 1. The Morgan fingerprint density at radius 2 is 2.26 bits per heavy atom. The molecule has 0 aliphatic rings. The van der Waals surface area contributed by atoms with Gasteiger partial charge in [-0.15, -0.1) is 0 Å². The molecule has 2 aromatic rings. The Hall–Kier alpha value is -1.65. The second kappa shape index (κ2) is 5.55. The van der Waals surface area contributed by atoms with Gasteiger partial charge in [-0.2, -0.15) is 5.10 Å². The third kappa shape index (κ3) is 3.22. The molecule has 1 heterocycles. The predicted molar refractivity (Wildman–Crippen MR) is 75.0 cm³/mol. The van der Waals surface area contributed by atoms with Crippen LogP contribution >= 0.6 is 11.6 Å². The standard InChI is InChI=1S/C14H16ClN3O/c1-9-3-4-10(12(15)5-9)6-13(19)14(16)11-7-17-18(2)8-11/h3-5,7-8,14H,6,16H2,1-2H3. The van der Waals surface area contributed by atoms with Crippen molar-refractivity contribution >= 4 is 17.4 Å². The molecule has 1 aromatic heterocycles. The number of Topliss-reactive ketones (excluding diaryl/α,β-unsaturated/α-hetero) is 1. The lowest BCUT2D eigenvalue weighted by atomic mass is 10.00. The molecule has 2 rings (SSSR count). The average Bonchev–Trinajstić information content (AvgIpc) is 2.78. The monoisotopic (exact) mass is 277 g/mol. The molecular formula is C14H16ClN3O. The maximum Gasteiger partial charge on any atom is 0.158 e. The fourth-order valence-corrected chi connectivity index (χ4v) is 2.18. The number of aryl methyl sites for hydroxylation is 2. The van der Waals surface area contributed by atoms with E-state index in [-0.39, 0.29) is 12.2 Å². The number of halogens is 1. The van der Waals surface area contributed by atoms with Crippen molar-refractivity contribution < 1.29 is 4.79 Å². The van der Waals surface area contributed by atoms with Gasteiger partial charge in [0.2, 0.25) is 0 Å². The highest BCUT2D eigenvalue weighted by Crippen LogP contribution is 2.20. The van der Waals surface area contributed by atoms with E-state index >= 15 is 0 Å². The predicted octanol–water partition coefficient (Wildman–Crippen LogP) is 2.19. The van der Waals surface area contributed by atoms with E-state index in [1.165, 1.54) is 0 Å². The first-order chi connectivity index (χ1) is 8.97. The van der Waals surface area contributed by atoms with Crippen LogP contribution in [0.25, 0.3) is 0 Å². The van der Waals surface area contributed by atoms with Crippen molar-refractivity contribution in [3.63, 3.8) is 0 Å². The van der Waals surface area contributed by atoms with Crippen molar-refractivity contribution in [2.45, 2.75) is 19.4 Å². The number of hydrogen-bond donors (Lipinski definition) is 1. The number of ketones is 1. The van der Waals surface area contributed by atoms with E-state index in [4.69, 9.17) is 17.3 Å².